The zero-order chi connectivity index (χ0) is 17.2. The minimum atomic E-state index is -3.68. The van der Waals surface area contributed by atoms with Crippen molar-refractivity contribution in [2.75, 3.05) is 12.4 Å². The Hall–Kier alpha value is -1.91. The highest BCUT2D eigenvalue weighted by Crippen LogP contribution is 2.47. The Morgan fingerprint density at radius 1 is 1.38 bits per heavy atom. The first-order chi connectivity index (χ1) is 11.5. The molecule has 1 saturated heterocycles. The van der Waals surface area contributed by atoms with Crippen LogP contribution in [-0.2, 0) is 19.6 Å². The van der Waals surface area contributed by atoms with Crippen LogP contribution >= 0.6 is 0 Å². The number of hydrogen-bond acceptors (Lipinski definition) is 5. The number of nitrogens with one attached hydrogen (secondary N) is 1. The second kappa shape index (κ2) is 6.91. The van der Waals surface area contributed by atoms with Gasteiger partial charge in [-0.3, -0.25) is 9.52 Å². The predicted molar refractivity (Wildman–Crippen MR) is 87.5 cm³/mol. The second-order valence-corrected chi connectivity index (χ2v) is 8.19. The molecule has 3 rings (SSSR count). The molecule has 1 amide bonds. The zero-order valence-corrected chi connectivity index (χ0v) is 14.1. The van der Waals surface area contributed by atoms with Crippen molar-refractivity contribution in [2.45, 2.75) is 37.7 Å². The molecule has 1 aromatic carbocycles. The monoisotopic (exact) mass is 348 g/mol. The van der Waals surface area contributed by atoms with Crippen molar-refractivity contribution in [3.8, 4) is 6.07 Å². The highest BCUT2D eigenvalue weighted by atomic mass is 32.2. The number of rotatable bonds is 5. The Labute approximate surface area is 141 Å². The predicted octanol–water partition coefficient (Wildman–Crippen LogP) is 1.68. The summed E-state index contributed by atoms with van der Waals surface area (Å²) in [7, 11) is -3.68. The Morgan fingerprint density at radius 2 is 2.21 bits per heavy atom. The van der Waals surface area contributed by atoms with Crippen molar-refractivity contribution in [3.63, 3.8) is 0 Å². The van der Waals surface area contributed by atoms with E-state index < -0.39 is 15.9 Å². The number of carbonyl (C=O) groups is 1. The van der Waals surface area contributed by atoms with Gasteiger partial charge in [0.05, 0.1) is 23.5 Å². The van der Waals surface area contributed by atoms with Crippen molar-refractivity contribution >= 4 is 15.9 Å². The summed E-state index contributed by atoms with van der Waals surface area (Å²) in [6.07, 6.45) is 2.90. The molecule has 2 fully saturated rings. The standard InChI is InChI=1S/C17H20N2O4S/c18-10-12-4-3-5-13(8-12)15-9-16(15)17(20)19-24(21,22)11-14-6-1-2-7-23-14/h3-5,8,14-16H,1-2,6-7,9,11H2,(H,19,20)/t14-,15-,16+/m0/s1. The van der Waals surface area contributed by atoms with E-state index in [0.717, 1.165) is 18.4 Å². The third-order valence-electron chi connectivity index (χ3n) is 4.51. The van der Waals surface area contributed by atoms with Gasteiger partial charge in [-0.15, -0.1) is 0 Å². The minimum Gasteiger partial charge on any atom is -0.377 e. The number of nitriles is 1. The van der Waals surface area contributed by atoms with Gasteiger partial charge in [0, 0.05) is 12.5 Å². The van der Waals surface area contributed by atoms with Crippen molar-refractivity contribution < 1.29 is 17.9 Å². The van der Waals surface area contributed by atoms with Crippen molar-refractivity contribution in [1.82, 2.24) is 4.72 Å². The van der Waals surface area contributed by atoms with E-state index in [1.807, 2.05) is 6.07 Å². The van der Waals surface area contributed by atoms with Gasteiger partial charge in [0.2, 0.25) is 15.9 Å². The van der Waals surface area contributed by atoms with Crippen molar-refractivity contribution in [2.24, 2.45) is 5.92 Å². The molecule has 1 aliphatic carbocycles. The minimum absolute atomic E-state index is 0.0144. The van der Waals surface area contributed by atoms with Crippen LogP contribution in [0.3, 0.4) is 0 Å². The maximum atomic E-state index is 12.2. The van der Waals surface area contributed by atoms with Crippen LogP contribution in [0.25, 0.3) is 0 Å². The van der Waals surface area contributed by atoms with Crippen LogP contribution in [0.4, 0.5) is 0 Å². The molecule has 3 atom stereocenters. The molecule has 6 nitrogen and oxygen atoms in total. The molecule has 1 saturated carbocycles. The third kappa shape index (κ3) is 4.13. The molecule has 0 unspecified atom stereocenters. The van der Waals surface area contributed by atoms with E-state index in [2.05, 4.69) is 10.8 Å². The number of ether oxygens (including phenoxy) is 1. The first-order valence-corrected chi connectivity index (χ1v) is 9.80. The number of hydrogen-bond donors (Lipinski definition) is 1. The van der Waals surface area contributed by atoms with E-state index in [1.54, 1.807) is 18.2 Å². The third-order valence-corrected chi connectivity index (χ3v) is 5.83. The summed E-state index contributed by atoms with van der Waals surface area (Å²) in [5, 5.41) is 8.93. The molecular formula is C17H20N2O4S. The molecule has 0 radical (unpaired) electrons. The maximum absolute atomic E-state index is 12.2. The molecule has 128 valence electrons. The Bertz CT molecular complexity index is 763. The summed E-state index contributed by atoms with van der Waals surface area (Å²) in [6, 6.07) is 9.16. The van der Waals surface area contributed by atoms with Crippen molar-refractivity contribution in [3.05, 3.63) is 35.4 Å². The molecule has 1 N–H and O–H groups in total. The van der Waals surface area contributed by atoms with Gasteiger partial charge in [-0.1, -0.05) is 12.1 Å². The van der Waals surface area contributed by atoms with Gasteiger partial charge in [-0.25, -0.2) is 8.42 Å². The number of sulfonamides is 1. The lowest BCUT2D eigenvalue weighted by Crippen LogP contribution is -2.39. The smallest absolute Gasteiger partial charge is 0.237 e. The van der Waals surface area contributed by atoms with Gasteiger partial charge >= 0.3 is 0 Å². The molecule has 0 spiro atoms. The molecule has 1 aromatic rings. The lowest BCUT2D eigenvalue weighted by atomic mass is 10.1. The summed E-state index contributed by atoms with van der Waals surface area (Å²) in [5.41, 5.74) is 1.45. The largest absolute Gasteiger partial charge is 0.377 e. The fourth-order valence-electron chi connectivity index (χ4n) is 3.15. The van der Waals surface area contributed by atoms with Crippen LogP contribution < -0.4 is 4.72 Å². The molecule has 7 heteroatoms. The molecular weight excluding hydrogens is 328 g/mol. The first-order valence-electron chi connectivity index (χ1n) is 8.14. The quantitative estimate of drug-likeness (QED) is 0.873. The van der Waals surface area contributed by atoms with Gasteiger partial charge in [0.1, 0.15) is 0 Å². The normalized spacial score (nSPS) is 26.4. The molecule has 0 bridgehead atoms. The van der Waals surface area contributed by atoms with E-state index in [-0.39, 0.29) is 23.7 Å². The Kier molecular flexibility index (Phi) is 4.88. The van der Waals surface area contributed by atoms with Crippen LogP contribution in [0.5, 0.6) is 0 Å². The van der Waals surface area contributed by atoms with E-state index in [4.69, 9.17) is 10.00 Å². The van der Waals surface area contributed by atoms with E-state index in [1.165, 1.54) is 0 Å². The van der Waals surface area contributed by atoms with E-state index in [0.29, 0.717) is 25.0 Å². The summed E-state index contributed by atoms with van der Waals surface area (Å²) >= 11 is 0. The Balaban J connectivity index is 1.56. The fourth-order valence-corrected chi connectivity index (χ4v) is 4.44. The number of nitrogens with zero attached hydrogens (tertiary/aromatic N) is 1. The van der Waals surface area contributed by atoms with Crippen LogP contribution in [0, 0.1) is 17.2 Å². The van der Waals surface area contributed by atoms with Gasteiger partial charge in [0.25, 0.3) is 0 Å². The second-order valence-electron chi connectivity index (χ2n) is 6.42. The van der Waals surface area contributed by atoms with Gasteiger partial charge < -0.3 is 4.74 Å². The molecule has 1 aliphatic heterocycles. The molecule has 0 aromatic heterocycles. The van der Waals surface area contributed by atoms with Crippen LogP contribution in [0.2, 0.25) is 0 Å². The molecule has 24 heavy (non-hydrogen) atoms. The fraction of sp³-hybridized carbons (Fsp3) is 0.529. The summed E-state index contributed by atoms with van der Waals surface area (Å²) in [5.74, 6) is -0.987. The van der Waals surface area contributed by atoms with Crippen molar-refractivity contribution in [1.29, 1.82) is 5.26 Å². The number of carbonyl (C=O) groups excluding carboxylic acids is 1. The van der Waals surface area contributed by atoms with Crippen LogP contribution in [-0.4, -0.2) is 32.8 Å². The maximum Gasteiger partial charge on any atom is 0.237 e. The number of amides is 1. The average Bonchev–Trinajstić information content (AvgIpc) is 3.36. The average molecular weight is 348 g/mol. The number of benzene rings is 1. The highest BCUT2D eigenvalue weighted by Gasteiger charge is 2.45. The summed E-state index contributed by atoms with van der Waals surface area (Å²) < 4.78 is 31.9. The van der Waals surface area contributed by atoms with E-state index >= 15 is 0 Å². The molecule has 1 heterocycles. The lowest BCUT2D eigenvalue weighted by Gasteiger charge is -2.22. The van der Waals surface area contributed by atoms with Crippen LogP contribution in [0.15, 0.2) is 24.3 Å². The Morgan fingerprint density at radius 3 is 2.92 bits per heavy atom. The van der Waals surface area contributed by atoms with Gasteiger partial charge in [-0.05, 0) is 49.3 Å². The zero-order valence-electron chi connectivity index (χ0n) is 13.3. The molecule has 2 aliphatic rings. The van der Waals surface area contributed by atoms with E-state index in [9.17, 15) is 13.2 Å². The van der Waals surface area contributed by atoms with Gasteiger partial charge in [0.15, 0.2) is 0 Å². The summed E-state index contributed by atoms with van der Waals surface area (Å²) in [4.78, 5) is 12.2. The lowest BCUT2D eigenvalue weighted by molar-refractivity contribution is -0.120. The summed E-state index contributed by atoms with van der Waals surface area (Å²) in [6.45, 7) is 0.577. The SMILES string of the molecule is N#Cc1cccc([C@@H]2C[C@H]2C(=O)NS(=O)(=O)C[C@@H]2CCCCO2)c1. The van der Waals surface area contributed by atoms with Gasteiger partial charge in [-0.2, -0.15) is 5.26 Å². The van der Waals surface area contributed by atoms with Crippen LogP contribution in [0.1, 0.15) is 42.7 Å². The highest BCUT2D eigenvalue weighted by molar-refractivity contribution is 7.90. The topological polar surface area (TPSA) is 96.3 Å². The first kappa shape index (κ1) is 16.9.